The highest BCUT2D eigenvalue weighted by molar-refractivity contribution is 7.03. The molecule has 0 spiro atoms. The number of aryl methyl sites for hydroxylation is 2. The van der Waals surface area contributed by atoms with Gasteiger partial charge in [-0.2, -0.15) is 38.1 Å². The number of nitriles is 1. The molecular formula is C34H31F4N11O3S. The molecule has 0 radical (unpaired) electrons. The Kier molecular flexibility index (Phi) is 9.75. The molecule has 0 saturated carbocycles. The molecule has 2 amide bonds. The Morgan fingerprint density at radius 3 is 2.53 bits per heavy atom. The zero-order chi connectivity index (χ0) is 38.2. The van der Waals surface area contributed by atoms with Crippen LogP contribution in [0.4, 0.5) is 17.6 Å². The Bertz CT molecular complexity index is 2430. The van der Waals surface area contributed by atoms with Crippen LogP contribution < -0.4 is 10.2 Å². The third-order valence-electron chi connectivity index (χ3n) is 8.33. The first-order chi connectivity index (χ1) is 25.0. The maximum Gasteiger partial charge on any atom is 0.435 e. The van der Waals surface area contributed by atoms with Crippen LogP contribution in [-0.4, -0.2) is 74.5 Å². The number of aromatic amines is 2. The maximum atomic E-state index is 15.1. The van der Waals surface area contributed by atoms with E-state index in [0.717, 1.165) is 22.2 Å². The standard InChI is InChI=1S/C29H23F4N9O3S.C5H8N2/c1-28(2,13-42-21(25-36-27(45)46-40-25)9-22(39-42)29(31,32)33)37-23(43)12-41-6-5-17-16(3-4-19(30)24(17)26(41)44)18-7-15-11-35-38-20(15)8-14(18)10-34;1-5-3-6-7(2)4-5/h3-4,7-9,11H,5-6,12-13H2,1-2H3,(H,35,38)(H,37,43)(H,36,40,45);3-4H,1-2H3. The van der Waals surface area contributed by atoms with Crippen molar-refractivity contribution in [2.75, 3.05) is 13.1 Å². The van der Waals surface area contributed by atoms with Crippen molar-refractivity contribution in [2.24, 2.45) is 7.05 Å². The van der Waals surface area contributed by atoms with Crippen LogP contribution in [0.1, 0.15) is 46.6 Å². The van der Waals surface area contributed by atoms with Crippen LogP contribution >= 0.6 is 11.5 Å². The minimum absolute atomic E-state index is 0.0708. The number of nitrogens with zero attached hydrogens (tertiary/aromatic N) is 8. The van der Waals surface area contributed by atoms with Gasteiger partial charge in [0.15, 0.2) is 11.5 Å². The largest absolute Gasteiger partial charge is 0.435 e. The lowest BCUT2D eigenvalue weighted by atomic mass is 9.87. The minimum atomic E-state index is -4.77. The monoisotopic (exact) mass is 749 g/mol. The Balaban J connectivity index is 0.000000616. The Morgan fingerprint density at radius 2 is 1.91 bits per heavy atom. The zero-order valence-corrected chi connectivity index (χ0v) is 29.5. The summed E-state index contributed by atoms with van der Waals surface area (Å²) in [6, 6.07) is 8.92. The number of hydrogen-bond acceptors (Lipinski definition) is 9. The molecular weight excluding hydrogens is 719 g/mol. The molecule has 0 bridgehead atoms. The molecule has 1 aliphatic rings. The second-order valence-electron chi connectivity index (χ2n) is 13.0. The van der Waals surface area contributed by atoms with E-state index in [2.05, 4.69) is 41.1 Å². The highest BCUT2D eigenvalue weighted by Crippen LogP contribution is 2.36. The fourth-order valence-corrected chi connectivity index (χ4v) is 6.54. The predicted octanol–water partition coefficient (Wildman–Crippen LogP) is 4.59. The lowest BCUT2D eigenvalue weighted by Crippen LogP contribution is -2.52. The molecule has 19 heteroatoms. The molecule has 1 aliphatic heterocycles. The van der Waals surface area contributed by atoms with Crippen molar-refractivity contribution < 1.29 is 27.2 Å². The van der Waals surface area contributed by atoms with Gasteiger partial charge in [0, 0.05) is 42.3 Å². The summed E-state index contributed by atoms with van der Waals surface area (Å²) in [4.78, 5) is 41.2. The Hall–Kier alpha value is -6.16. The van der Waals surface area contributed by atoms with E-state index in [1.165, 1.54) is 16.5 Å². The molecule has 0 atom stereocenters. The van der Waals surface area contributed by atoms with E-state index < -0.39 is 46.5 Å². The molecule has 6 aromatic rings. The molecule has 7 rings (SSSR count). The van der Waals surface area contributed by atoms with E-state index in [1.54, 1.807) is 36.9 Å². The highest BCUT2D eigenvalue weighted by atomic mass is 32.1. The number of hydrogen-bond donors (Lipinski definition) is 3. The van der Waals surface area contributed by atoms with E-state index in [0.29, 0.717) is 39.3 Å². The molecule has 14 nitrogen and oxygen atoms in total. The molecule has 53 heavy (non-hydrogen) atoms. The van der Waals surface area contributed by atoms with Gasteiger partial charge in [-0.1, -0.05) is 6.07 Å². The molecule has 4 aromatic heterocycles. The number of carbonyl (C=O) groups excluding carboxylic acids is 2. The number of aromatic nitrogens is 8. The van der Waals surface area contributed by atoms with Crippen LogP contribution in [0.3, 0.4) is 0 Å². The third kappa shape index (κ3) is 7.86. The molecule has 3 N–H and O–H groups in total. The summed E-state index contributed by atoms with van der Waals surface area (Å²) in [5.74, 6) is -2.23. The second kappa shape index (κ2) is 14.1. The number of benzene rings is 2. The molecule has 0 aliphatic carbocycles. The van der Waals surface area contributed by atoms with Crippen LogP contribution in [0, 0.1) is 24.1 Å². The summed E-state index contributed by atoms with van der Waals surface area (Å²) in [7, 11) is 1.91. The van der Waals surface area contributed by atoms with E-state index in [-0.39, 0.29) is 36.6 Å². The number of rotatable bonds is 7. The van der Waals surface area contributed by atoms with Crippen molar-refractivity contribution >= 4 is 34.2 Å². The topological polar surface area (TPSA) is 183 Å². The summed E-state index contributed by atoms with van der Waals surface area (Å²) in [6.07, 6.45) is 0.818. The average Bonchev–Trinajstić information content (AvgIpc) is 3.89. The van der Waals surface area contributed by atoms with Gasteiger partial charge in [-0.3, -0.25) is 33.8 Å². The van der Waals surface area contributed by atoms with Crippen LogP contribution in [0.5, 0.6) is 0 Å². The first-order valence-electron chi connectivity index (χ1n) is 16.0. The number of amides is 2. The molecule has 0 fully saturated rings. The van der Waals surface area contributed by atoms with E-state index in [4.69, 9.17) is 0 Å². The number of alkyl halides is 3. The lowest BCUT2D eigenvalue weighted by Gasteiger charge is -2.32. The van der Waals surface area contributed by atoms with Gasteiger partial charge in [0.05, 0.1) is 53.7 Å². The van der Waals surface area contributed by atoms with Crippen LogP contribution in [0.25, 0.3) is 33.5 Å². The number of H-pyrrole nitrogens is 2. The van der Waals surface area contributed by atoms with Crippen molar-refractivity contribution in [3.8, 4) is 28.7 Å². The van der Waals surface area contributed by atoms with Crippen molar-refractivity contribution in [3.63, 3.8) is 0 Å². The van der Waals surface area contributed by atoms with E-state index >= 15 is 4.39 Å². The third-order valence-corrected chi connectivity index (χ3v) is 8.87. The summed E-state index contributed by atoms with van der Waals surface area (Å²) >= 11 is 0.536. The fraction of sp³-hybridized carbons (Fsp3) is 0.294. The molecule has 0 saturated heterocycles. The SMILES string of the molecule is CC(C)(Cn1nc(C(F)(F)F)cc1-c1nsc(=O)[nH]1)NC(=O)CN1CCc2c(-c3cc4cn[nH]c4cc3C#N)ccc(F)c2C1=O.Cc1cnn(C)c1. The van der Waals surface area contributed by atoms with Gasteiger partial charge in [0.1, 0.15) is 11.5 Å². The van der Waals surface area contributed by atoms with Gasteiger partial charge in [-0.15, -0.1) is 0 Å². The number of nitrogens with one attached hydrogen (secondary N) is 3. The smallest absolute Gasteiger partial charge is 0.348 e. The highest BCUT2D eigenvalue weighted by Gasteiger charge is 2.37. The van der Waals surface area contributed by atoms with Crippen LogP contribution in [0.15, 0.2) is 53.7 Å². The zero-order valence-electron chi connectivity index (χ0n) is 28.7. The van der Waals surface area contributed by atoms with E-state index in [9.17, 15) is 32.8 Å². The van der Waals surface area contributed by atoms with Gasteiger partial charge in [-0.05, 0) is 68.1 Å². The number of carbonyl (C=O) groups is 2. The summed E-state index contributed by atoms with van der Waals surface area (Å²) in [6.45, 7) is 4.50. The summed E-state index contributed by atoms with van der Waals surface area (Å²) in [5.41, 5.74) is 0.913. The molecule has 274 valence electrons. The van der Waals surface area contributed by atoms with E-state index in [1.807, 2.05) is 26.4 Å². The Labute approximate surface area is 302 Å². The van der Waals surface area contributed by atoms with Crippen molar-refractivity contribution in [3.05, 3.63) is 92.4 Å². The predicted molar refractivity (Wildman–Crippen MR) is 185 cm³/mol. The van der Waals surface area contributed by atoms with Gasteiger partial charge >= 0.3 is 11.0 Å². The van der Waals surface area contributed by atoms with Gasteiger partial charge in [0.2, 0.25) is 5.91 Å². The fourth-order valence-electron chi connectivity index (χ4n) is 6.08. The summed E-state index contributed by atoms with van der Waals surface area (Å²) < 4.78 is 62.2. The normalized spacial score (nSPS) is 13.0. The van der Waals surface area contributed by atoms with Gasteiger partial charge < -0.3 is 10.2 Å². The maximum absolute atomic E-state index is 15.1. The van der Waals surface area contributed by atoms with Crippen molar-refractivity contribution in [1.82, 2.24) is 49.3 Å². The minimum Gasteiger partial charge on any atom is -0.348 e. The van der Waals surface area contributed by atoms with Crippen molar-refractivity contribution in [2.45, 2.75) is 45.5 Å². The van der Waals surface area contributed by atoms with Gasteiger partial charge in [0.25, 0.3) is 5.91 Å². The number of fused-ring (bicyclic) bond motifs is 2. The molecule has 0 unspecified atom stereocenters. The van der Waals surface area contributed by atoms with Crippen molar-refractivity contribution in [1.29, 1.82) is 5.26 Å². The lowest BCUT2D eigenvalue weighted by molar-refractivity contribution is -0.141. The average molecular weight is 750 g/mol. The first-order valence-corrected chi connectivity index (χ1v) is 16.8. The van der Waals surface area contributed by atoms with Gasteiger partial charge in [-0.25, -0.2) is 4.39 Å². The number of halogens is 4. The second-order valence-corrected chi connectivity index (χ2v) is 13.8. The summed E-state index contributed by atoms with van der Waals surface area (Å²) in [5, 5.41) is 27.6. The first kappa shape index (κ1) is 36.6. The quantitative estimate of drug-likeness (QED) is 0.198. The molecule has 5 heterocycles. The molecule has 2 aromatic carbocycles. The van der Waals surface area contributed by atoms with Crippen LogP contribution in [-0.2, 0) is 31.0 Å². The Morgan fingerprint density at radius 1 is 1.13 bits per heavy atom. The van der Waals surface area contributed by atoms with Crippen LogP contribution in [0.2, 0.25) is 0 Å².